The highest BCUT2D eigenvalue weighted by molar-refractivity contribution is 7.98. The molecule has 16 heavy (non-hydrogen) atoms. The summed E-state index contributed by atoms with van der Waals surface area (Å²) in [6, 6.07) is 5.43. The van der Waals surface area contributed by atoms with Gasteiger partial charge in [0.15, 0.2) is 0 Å². The van der Waals surface area contributed by atoms with Crippen LogP contribution in [0.5, 0.6) is 0 Å². The van der Waals surface area contributed by atoms with E-state index in [1.807, 2.05) is 6.26 Å². The lowest BCUT2D eigenvalue weighted by Gasteiger charge is -2.08. The Kier molecular flexibility index (Phi) is 2.80. The average Bonchev–Trinajstić information content (AvgIpc) is 2.26. The largest absolute Gasteiger partial charge is 0.416 e. The molecule has 0 bridgehead atoms. The summed E-state index contributed by atoms with van der Waals surface area (Å²) in [5, 5.41) is 0.753. The highest BCUT2D eigenvalue weighted by Crippen LogP contribution is 2.32. The number of hydrogen-bond acceptors (Lipinski definition) is 2. The molecule has 0 aliphatic carbocycles. The Morgan fingerprint density at radius 3 is 2.56 bits per heavy atom. The van der Waals surface area contributed by atoms with Crippen LogP contribution >= 0.6 is 11.8 Å². The summed E-state index contributed by atoms with van der Waals surface area (Å²) < 4.78 is 37.4. The lowest BCUT2D eigenvalue weighted by atomic mass is 10.1. The van der Waals surface area contributed by atoms with Gasteiger partial charge in [-0.2, -0.15) is 13.2 Å². The van der Waals surface area contributed by atoms with Crippen LogP contribution in [-0.4, -0.2) is 11.2 Å². The van der Waals surface area contributed by atoms with Crippen molar-refractivity contribution in [3.63, 3.8) is 0 Å². The Labute approximate surface area is 94.7 Å². The van der Waals surface area contributed by atoms with Crippen molar-refractivity contribution in [2.75, 3.05) is 6.26 Å². The van der Waals surface area contributed by atoms with Crippen LogP contribution in [0.15, 0.2) is 35.4 Å². The highest BCUT2D eigenvalue weighted by Gasteiger charge is 2.30. The molecular weight excluding hydrogens is 235 g/mol. The predicted molar refractivity (Wildman–Crippen MR) is 58.5 cm³/mol. The number of aromatic nitrogens is 1. The summed E-state index contributed by atoms with van der Waals surface area (Å²) in [6.07, 6.45) is -0.911. The first-order chi connectivity index (χ1) is 7.52. The third-order valence-electron chi connectivity index (χ3n) is 2.25. The lowest BCUT2D eigenvalue weighted by Crippen LogP contribution is -2.04. The summed E-state index contributed by atoms with van der Waals surface area (Å²) in [7, 11) is 0. The number of benzene rings is 1. The number of pyridine rings is 1. The molecule has 0 radical (unpaired) electrons. The number of thioether (sulfide) groups is 1. The van der Waals surface area contributed by atoms with Gasteiger partial charge in [0.2, 0.25) is 0 Å². The fourth-order valence-corrected chi connectivity index (χ4v) is 2.07. The molecule has 0 unspecified atom stereocenters. The van der Waals surface area contributed by atoms with Gasteiger partial charge in [0.05, 0.1) is 11.1 Å². The second-order valence-corrected chi connectivity index (χ2v) is 4.09. The summed E-state index contributed by atoms with van der Waals surface area (Å²) in [6.45, 7) is 0. The molecule has 0 amide bonds. The van der Waals surface area contributed by atoms with Crippen LogP contribution in [0.3, 0.4) is 0 Å². The van der Waals surface area contributed by atoms with Crippen LogP contribution in [-0.2, 0) is 6.18 Å². The van der Waals surface area contributed by atoms with Gasteiger partial charge in [0.25, 0.3) is 0 Å². The topological polar surface area (TPSA) is 12.9 Å². The van der Waals surface area contributed by atoms with Gasteiger partial charge in [0.1, 0.15) is 0 Å². The molecule has 0 aliphatic heterocycles. The molecule has 2 aromatic rings. The first kappa shape index (κ1) is 11.3. The SMILES string of the molecule is CSc1ccnc2cc(C(F)(F)F)ccc12. The van der Waals surface area contributed by atoms with E-state index >= 15 is 0 Å². The van der Waals surface area contributed by atoms with E-state index in [1.54, 1.807) is 6.07 Å². The van der Waals surface area contributed by atoms with Crippen molar-refractivity contribution >= 4 is 22.7 Å². The molecule has 0 saturated carbocycles. The molecule has 1 aromatic heterocycles. The molecule has 1 aromatic carbocycles. The summed E-state index contributed by atoms with van der Waals surface area (Å²) in [5.41, 5.74) is -0.285. The Balaban J connectivity index is 2.64. The second kappa shape index (κ2) is 3.97. The van der Waals surface area contributed by atoms with Crippen molar-refractivity contribution in [1.82, 2.24) is 4.98 Å². The number of fused-ring (bicyclic) bond motifs is 1. The van der Waals surface area contributed by atoms with E-state index in [4.69, 9.17) is 0 Å². The van der Waals surface area contributed by atoms with Crippen molar-refractivity contribution in [1.29, 1.82) is 0 Å². The molecule has 0 fully saturated rings. The molecule has 84 valence electrons. The minimum Gasteiger partial charge on any atom is -0.256 e. The van der Waals surface area contributed by atoms with Gasteiger partial charge in [-0.3, -0.25) is 4.98 Å². The van der Waals surface area contributed by atoms with Gasteiger partial charge < -0.3 is 0 Å². The molecule has 0 saturated heterocycles. The standard InChI is InChI=1S/C11H8F3NS/c1-16-10-4-5-15-9-6-7(11(12,13)14)2-3-8(9)10/h2-6H,1H3. The molecule has 0 spiro atoms. The number of nitrogens with zero attached hydrogens (tertiary/aromatic N) is 1. The number of halogens is 3. The maximum atomic E-state index is 12.5. The molecule has 0 aliphatic rings. The maximum Gasteiger partial charge on any atom is 0.416 e. The first-order valence-corrected chi connectivity index (χ1v) is 5.75. The van der Waals surface area contributed by atoms with E-state index in [0.29, 0.717) is 5.52 Å². The van der Waals surface area contributed by atoms with Gasteiger partial charge >= 0.3 is 6.18 Å². The second-order valence-electron chi connectivity index (χ2n) is 3.24. The highest BCUT2D eigenvalue weighted by atomic mass is 32.2. The smallest absolute Gasteiger partial charge is 0.256 e. The third-order valence-corrected chi connectivity index (χ3v) is 3.05. The van der Waals surface area contributed by atoms with Crippen molar-refractivity contribution in [3.8, 4) is 0 Å². The molecule has 1 nitrogen and oxygen atoms in total. The molecular formula is C11H8F3NS. The third kappa shape index (κ3) is 2.00. The van der Waals surface area contributed by atoms with Gasteiger partial charge in [-0.05, 0) is 24.5 Å². The maximum absolute atomic E-state index is 12.5. The summed E-state index contributed by atoms with van der Waals surface area (Å²) in [5.74, 6) is 0. The molecule has 0 N–H and O–H groups in total. The summed E-state index contributed by atoms with van der Waals surface area (Å²) >= 11 is 1.49. The normalized spacial score (nSPS) is 12.0. The molecule has 2 rings (SSSR count). The Bertz CT molecular complexity index is 522. The van der Waals surface area contributed by atoms with E-state index in [9.17, 15) is 13.2 Å². The zero-order valence-corrected chi connectivity index (χ0v) is 9.19. The van der Waals surface area contributed by atoms with Crippen LogP contribution in [0.4, 0.5) is 13.2 Å². The number of rotatable bonds is 1. The Morgan fingerprint density at radius 1 is 1.19 bits per heavy atom. The number of hydrogen-bond donors (Lipinski definition) is 0. The zero-order chi connectivity index (χ0) is 11.8. The Morgan fingerprint density at radius 2 is 1.94 bits per heavy atom. The van der Waals surface area contributed by atoms with Crippen molar-refractivity contribution in [3.05, 3.63) is 36.0 Å². The summed E-state index contributed by atoms with van der Waals surface area (Å²) in [4.78, 5) is 4.88. The monoisotopic (exact) mass is 243 g/mol. The quantitative estimate of drug-likeness (QED) is 0.703. The van der Waals surface area contributed by atoms with Crippen LogP contribution in [0.2, 0.25) is 0 Å². The number of alkyl halides is 3. The van der Waals surface area contributed by atoms with Crippen molar-refractivity contribution in [2.24, 2.45) is 0 Å². The minimum absolute atomic E-state index is 0.377. The average molecular weight is 243 g/mol. The predicted octanol–water partition coefficient (Wildman–Crippen LogP) is 3.98. The van der Waals surface area contributed by atoms with Crippen molar-refractivity contribution in [2.45, 2.75) is 11.1 Å². The van der Waals surface area contributed by atoms with E-state index in [1.165, 1.54) is 24.0 Å². The van der Waals surface area contributed by atoms with Gasteiger partial charge in [-0.15, -0.1) is 11.8 Å². The zero-order valence-electron chi connectivity index (χ0n) is 8.38. The van der Waals surface area contributed by atoms with E-state index in [2.05, 4.69) is 4.98 Å². The van der Waals surface area contributed by atoms with Crippen LogP contribution in [0, 0.1) is 0 Å². The van der Waals surface area contributed by atoms with Crippen LogP contribution in [0.25, 0.3) is 10.9 Å². The van der Waals surface area contributed by atoms with E-state index in [-0.39, 0.29) is 0 Å². The fourth-order valence-electron chi connectivity index (χ4n) is 1.48. The lowest BCUT2D eigenvalue weighted by molar-refractivity contribution is -0.137. The van der Waals surface area contributed by atoms with Gasteiger partial charge in [-0.25, -0.2) is 0 Å². The van der Waals surface area contributed by atoms with Gasteiger partial charge in [-0.1, -0.05) is 6.07 Å². The Hall–Kier alpha value is -1.23. The molecule has 1 heterocycles. The molecule has 5 heteroatoms. The first-order valence-electron chi connectivity index (χ1n) is 4.52. The van der Waals surface area contributed by atoms with E-state index < -0.39 is 11.7 Å². The van der Waals surface area contributed by atoms with Crippen LogP contribution < -0.4 is 0 Å². The molecule has 0 atom stereocenters. The fraction of sp³-hybridized carbons (Fsp3) is 0.182. The van der Waals surface area contributed by atoms with Gasteiger partial charge in [0, 0.05) is 16.5 Å². The van der Waals surface area contributed by atoms with Crippen molar-refractivity contribution < 1.29 is 13.2 Å². The van der Waals surface area contributed by atoms with E-state index in [0.717, 1.165) is 22.4 Å². The van der Waals surface area contributed by atoms with Crippen LogP contribution in [0.1, 0.15) is 5.56 Å². The minimum atomic E-state index is -4.31.